The minimum Gasteiger partial charge on any atom is -0.383 e. The van der Waals surface area contributed by atoms with Gasteiger partial charge in [-0.2, -0.15) is 4.98 Å². The molecule has 0 aliphatic carbocycles. The molecular formula is C18H21ClN6O4S. The molecule has 0 radical (unpaired) electrons. The number of hydrogen-bond acceptors (Lipinski definition) is 9. The molecule has 10 nitrogen and oxygen atoms in total. The average Bonchev–Trinajstić information content (AvgIpc) is 2.73. The van der Waals surface area contributed by atoms with E-state index in [9.17, 15) is 13.2 Å². The molecule has 0 spiro atoms. The van der Waals surface area contributed by atoms with Crippen LogP contribution >= 0.6 is 11.6 Å². The van der Waals surface area contributed by atoms with E-state index in [-0.39, 0.29) is 40.9 Å². The van der Waals surface area contributed by atoms with Gasteiger partial charge in [0.05, 0.1) is 41.7 Å². The van der Waals surface area contributed by atoms with E-state index in [0.717, 1.165) is 0 Å². The summed E-state index contributed by atoms with van der Waals surface area (Å²) in [4.78, 5) is 29.7. The fourth-order valence-corrected chi connectivity index (χ4v) is 3.81. The van der Waals surface area contributed by atoms with E-state index in [2.05, 4.69) is 25.3 Å². The van der Waals surface area contributed by atoms with Crippen molar-refractivity contribution in [3.05, 3.63) is 45.9 Å². The minimum atomic E-state index is -3.32. The van der Waals surface area contributed by atoms with Crippen LogP contribution in [0.5, 0.6) is 0 Å². The lowest BCUT2D eigenvalue weighted by Crippen LogP contribution is -2.30. The molecular weight excluding hydrogens is 432 g/mol. The number of nitrogens with zero attached hydrogens (tertiary/aromatic N) is 5. The van der Waals surface area contributed by atoms with Crippen LogP contribution in [0, 0.1) is 0 Å². The first-order valence-corrected chi connectivity index (χ1v) is 11.1. The summed E-state index contributed by atoms with van der Waals surface area (Å²) >= 11 is 5.90. The second-order valence-corrected chi connectivity index (χ2v) is 9.15. The van der Waals surface area contributed by atoms with Crippen molar-refractivity contribution in [1.29, 1.82) is 0 Å². The molecule has 0 aromatic carbocycles. The summed E-state index contributed by atoms with van der Waals surface area (Å²) in [5.74, 6) is 0.0851. The number of sulfone groups is 1. The van der Waals surface area contributed by atoms with Crippen molar-refractivity contribution < 1.29 is 13.2 Å². The van der Waals surface area contributed by atoms with E-state index in [1.807, 2.05) is 6.92 Å². The van der Waals surface area contributed by atoms with Gasteiger partial charge in [-0.25, -0.2) is 18.4 Å². The number of halogens is 1. The number of hydrogen-bond donors (Lipinski definition) is 1. The molecule has 1 unspecified atom stereocenters. The zero-order valence-electron chi connectivity index (χ0n) is 16.7. The molecule has 0 fully saturated rings. The van der Waals surface area contributed by atoms with E-state index in [0.29, 0.717) is 16.9 Å². The zero-order valence-corrected chi connectivity index (χ0v) is 18.2. The van der Waals surface area contributed by atoms with E-state index in [4.69, 9.17) is 16.3 Å². The van der Waals surface area contributed by atoms with E-state index < -0.39 is 15.4 Å². The summed E-state index contributed by atoms with van der Waals surface area (Å²) < 4.78 is 30.4. The Morgan fingerprint density at radius 3 is 2.63 bits per heavy atom. The molecule has 0 saturated carbocycles. The Labute approximate surface area is 178 Å². The Bertz CT molecular complexity index is 1210. The molecule has 0 bridgehead atoms. The lowest BCUT2D eigenvalue weighted by Gasteiger charge is -2.17. The maximum atomic E-state index is 13.0. The summed E-state index contributed by atoms with van der Waals surface area (Å²) in [6.07, 6.45) is 2.74. The SMILES string of the molecule is CCS(=O)(=O)c1ccc(CNc2nc3cnc(Cl)nc3n(C(C)COC)c2=O)nc1. The van der Waals surface area contributed by atoms with E-state index in [1.54, 1.807) is 20.1 Å². The third-order valence-electron chi connectivity index (χ3n) is 4.42. The second-order valence-electron chi connectivity index (χ2n) is 6.53. The third-order valence-corrected chi connectivity index (χ3v) is 6.33. The highest BCUT2D eigenvalue weighted by Gasteiger charge is 2.18. The molecule has 1 N–H and O–H groups in total. The number of rotatable bonds is 8. The number of pyridine rings is 1. The maximum Gasteiger partial charge on any atom is 0.295 e. The summed E-state index contributed by atoms with van der Waals surface area (Å²) in [7, 11) is -1.78. The Morgan fingerprint density at radius 1 is 1.23 bits per heavy atom. The number of anilines is 1. The summed E-state index contributed by atoms with van der Waals surface area (Å²) in [5.41, 5.74) is 0.853. The van der Waals surface area contributed by atoms with Gasteiger partial charge in [0.2, 0.25) is 5.28 Å². The molecule has 0 aliphatic rings. The number of fused-ring (bicyclic) bond motifs is 1. The van der Waals surface area contributed by atoms with Gasteiger partial charge in [0.15, 0.2) is 21.3 Å². The Hall–Kier alpha value is -2.63. The first kappa shape index (κ1) is 22.1. The van der Waals surface area contributed by atoms with Crippen molar-refractivity contribution in [2.24, 2.45) is 0 Å². The lowest BCUT2D eigenvalue weighted by molar-refractivity contribution is 0.162. The predicted molar refractivity (Wildman–Crippen MR) is 112 cm³/mol. The van der Waals surface area contributed by atoms with Crippen LogP contribution in [0.2, 0.25) is 5.28 Å². The van der Waals surface area contributed by atoms with Gasteiger partial charge in [0.1, 0.15) is 5.52 Å². The van der Waals surface area contributed by atoms with Gasteiger partial charge < -0.3 is 10.1 Å². The molecule has 0 aliphatic heterocycles. The van der Waals surface area contributed by atoms with Crippen LogP contribution in [0.25, 0.3) is 11.2 Å². The van der Waals surface area contributed by atoms with Gasteiger partial charge in [0, 0.05) is 13.3 Å². The van der Waals surface area contributed by atoms with Crippen LogP contribution in [0.4, 0.5) is 5.82 Å². The van der Waals surface area contributed by atoms with E-state index >= 15 is 0 Å². The van der Waals surface area contributed by atoms with Crippen LogP contribution in [-0.2, 0) is 21.1 Å². The van der Waals surface area contributed by atoms with Gasteiger partial charge in [-0.1, -0.05) is 6.92 Å². The Morgan fingerprint density at radius 2 is 2.00 bits per heavy atom. The molecule has 3 aromatic rings. The third kappa shape index (κ3) is 4.58. The number of methoxy groups -OCH3 is 1. The van der Waals surface area contributed by atoms with Gasteiger partial charge in [-0.3, -0.25) is 14.3 Å². The number of aromatic nitrogens is 5. The highest BCUT2D eigenvalue weighted by molar-refractivity contribution is 7.91. The first-order chi connectivity index (χ1) is 14.3. The zero-order chi connectivity index (χ0) is 21.9. The molecule has 160 valence electrons. The van der Waals surface area contributed by atoms with Crippen molar-refractivity contribution in [2.45, 2.75) is 31.3 Å². The fourth-order valence-electron chi connectivity index (χ4n) is 2.86. The largest absolute Gasteiger partial charge is 0.383 e. The monoisotopic (exact) mass is 452 g/mol. The summed E-state index contributed by atoms with van der Waals surface area (Å²) in [5, 5.41) is 2.97. The van der Waals surface area contributed by atoms with Gasteiger partial charge in [-0.05, 0) is 30.7 Å². The van der Waals surface area contributed by atoms with Crippen LogP contribution in [0.3, 0.4) is 0 Å². The van der Waals surface area contributed by atoms with Crippen LogP contribution in [-0.4, -0.2) is 52.4 Å². The molecule has 3 heterocycles. The molecule has 12 heteroatoms. The van der Waals surface area contributed by atoms with Crippen LogP contribution in [0.15, 0.2) is 34.2 Å². The molecule has 0 saturated heterocycles. The van der Waals surface area contributed by atoms with E-state index in [1.165, 1.54) is 23.0 Å². The lowest BCUT2D eigenvalue weighted by atomic mass is 10.3. The fraction of sp³-hybridized carbons (Fsp3) is 0.389. The van der Waals surface area contributed by atoms with Crippen molar-refractivity contribution in [3.63, 3.8) is 0 Å². The Kier molecular flexibility index (Phi) is 6.64. The van der Waals surface area contributed by atoms with Crippen LogP contribution in [0.1, 0.15) is 25.6 Å². The van der Waals surface area contributed by atoms with Crippen molar-refractivity contribution in [1.82, 2.24) is 24.5 Å². The highest BCUT2D eigenvalue weighted by Crippen LogP contribution is 2.17. The van der Waals surface area contributed by atoms with Gasteiger partial charge >= 0.3 is 0 Å². The summed E-state index contributed by atoms with van der Waals surface area (Å²) in [6, 6.07) is 2.76. The quantitative estimate of drug-likeness (QED) is 0.509. The average molecular weight is 453 g/mol. The molecule has 3 aromatic heterocycles. The predicted octanol–water partition coefficient (Wildman–Crippen LogP) is 1.85. The summed E-state index contributed by atoms with van der Waals surface area (Å²) in [6.45, 7) is 3.85. The Balaban J connectivity index is 1.94. The molecule has 3 rings (SSSR count). The van der Waals surface area contributed by atoms with Crippen molar-refractivity contribution >= 4 is 38.4 Å². The standard InChI is InChI=1S/C18H21ClN6O4S/c1-4-30(27,28)13-6-5-12(20-8-13)7-21-15-17(26)25(11(2)10-29-3)16-14(23-15)9-22-18(19)24-16/h5-6,8-9,11H,4,7,10H2,1-3H3,(H,21,23). The molecule has 1 atom stereocenters. The molecule has 30 heavy (non-hydrogen) atoms. The topological polar surface area (TPSA) is 129 Å². The normalized spacial score (nSPS) is 12.8. The van der Waals surface area contributed by atoms with Gasteiger partial charge in [0.25, 0.3) is 5.56 Å². The van der Waals surface area contributed by atoms with Crippen LogP contribution < -0.4 is 10.9 Å². The molecule has 0 amide bonds. The minimum absolute atomic E-state index is 0.00141. The smallest absolute Gasteiger partial charge is 0.295 e. The second kappa shape index (κ2) is 9.02. The highest BCUT2D eigenvalue weighted by atomic mass is 35.5. The maximum absolute atomic E-state index is 13.0. The van der Waals surface area contributed by atoms with Crippen molar-refractivity contribution in [3.8, 4) is 0 Å². The first-order valence-electron chi connectivity index (χ1n) is 9.12. The number of nitrogens with one attached hydrogen (secondary N) is 1. The van der Waals surface area contributed by atoms with Crippen molar-refractivity contribution in [2.75, 3.05) is 24.8 Å². The van der Waals surface area contributed by atoms with Gasteiger partial charge in [-0.15, -0.1) is 0 Å². The number of ether oxygens (including phenoxy) is 1.